The monoisotopic (exact) mass is 242 g/mol. The van der Waals surface area contributed by atoms with Crippen LogP contribution >= 0.6 is 0 Å². The Bertz CT molecular complexity index is 477. The highest BCUT2D eigenvalue weighted by atomic mass is 19.1. The molecule has 1 heteroatoms. The fourth-order valence-electron chi connectivity index (χ4n) is 2.47. The number of halogens is 1. The van der Waals surface area contributed by atoms with Crippen LogP contribution in [0.4, 0.5) is 4.39 Å². The van der Waals surface area contributed by atoms with Gasteiger partial charge in [0, 0.05) is 5.92 Å². The molecule has 1 atom stereocenters. The Labute approximate surface area is 109 Å². The minimum atomic E-state index is -0.0754. The van der Waals surface area contributed by atoms with Crippen LogP contribution < -0.4 is 0 Å². The third-order valence-corrected chi connectivity index (χ3v) is 3.68. The molecule has 2 radical (unpaired) electrons. The maximum atomic E-state index is 14.1. The van der Waals surface area contributed by atoms with Crippen molar-refractivity contribution >= 4 is 0 Å². The second-order valence-electron chi connectivity index (χ2n) is 4.94. The summed E-state index contributed by atoms with van der Waals surface area (Å²) in [5.74, 6) is 0.490. The van der Waals surface area contributed by atoms with E-state index in [2.05, 4.69) is 19.6 Å². The molecule has 1 aliphatic rings. The molecule has 0 amide bonds. The third-order valence-electron chi connectivity index (χ3n) is 3.68. The lowest BCUT2D eigenvalue weighted by Gasteiger charge is -2.16. The van der Waals surface area contributed by atoms with E-state index in [1.165, 1.54) is 0 Å². The van der Waals surface area contributed by atoms with E-state index in [1.807, 2.05) is 12.1 Å². The van der Waals surface area contributed by atoms with Gasteiger partial charge in [-0.25, -0.2) is 4.39 Å². The van der Waals surface area contributed by atoms with Gasteiger partial charge in [-0.05, 0) is 73.9 Å². The highest BCUT2D eigenvalue weighted by molar-refractivity contribution is 5.40. The molecule has 1 aromatic rings. The van der Waals surface area contributed by atoms with Crippen LogP contribution in [0.15, 0.2) is 23.9 Å². The van der Waals surface area contributed by atoms with Gasteiger partial charge in [-0.2, -0.15) is 0 Å². The zero-order valence-electron chi connectivity index (χ0n) is 10.9. The van der Waals surface area contributed by atoms with Crippen LogP contribution in [0.1, 0.15) is 54.7 Å². The van der Waals surface area contributed by atoms with E-state index in [-0.39, 0.29) is 11.7 Å². The number of hydrogen-bond acceptors (Lipinski definition) is 0. The van der Waals surface area contributed by atoms with Gasteiger partial charge in [0.2, 0.25) is 0 Å². The highest BCUT2D eigenvalue weighted by Crippen LogP contribution is 2.42. The summed E-state index contributed by atoms with van der Waals surface area (Å²) in [5, 5.41) is 0. The van der Waals surface area contributed by atoms with E-state index in [9.17, 15) is 4.39 Å². The second-order valence-corrected chi connectivity index (χ2v) is 4.94. The quantitative estimate of drug-likeness (QED) is 0.655. The fraction of sp³-hybridized carbons (Fsp3) is 0.412. The fourth-order valence-corrected chi connectivity index (χ4v) is 2.47. The normalized spacial score (nSPS) is 16.2. The minimum Gasteiger partial charge on any atom is -0.207 e. The first kappa shape index (κ1) is 13.1. The number of rotatable bonds is 5. The van der Waals surface area contributed by atoms with Crippen molar-refractivity contribution in [3.8, 4) is 0 Å². The van der Waals surface area contributed by atoms with E-state index >= 15 is 0 Å². The van der Waals surface area contributed by atoms with Crippen LogP contribution in [0, 0.1) is 19.3 Å². The lowest BCUT2D eigenvalue weighted by atomic mass is 9.88. The van der Waals surface area contributed by atoms with Crippen molar-refractivity contribution in [1.29, 1.82) is 0 Å². The maximum absolute atomic E-state index is 14.1. The molecule has 1 saturated carbocycles. The summed E-state index contributed by atoms with van der Waals surface area (Å²) in [6.07, 6.45) is 5.61. The van der Waals surface area contributed by atoms with Crippen molar-refractivity contribution in [2.45, 2.75) is 44.4 Å². The molecule has 0 N–H and O–H groups in total. The first-order valence-electron chi connectivity index (χ1n) is 6.62. The van der Waals surface area contributed by atoms with Crippen LogP contribution in [0.5, 0.6) is 0 Å². The van der Waals surface area contributed by atoms with E-state index in [0.717, 1.165) is 36.0 Å². The van der Waals surface area contributed by atoms with Gasteiger partial charge < -0.3 is 0 Å². The van der Waals surface area contributed by atoms with Gasteiger partial charge in [0.1, 0.15) is 5.82 Å². The summed E-state index contributed by atoms with van der Waals surface area (Å²) < 4.78 is 14.1. The largest absolute Gasteiger partial charge is 0.207 e. The average molecular weight is 242 g/mol. The summed E-state index contributed by atoms with van der Waals surface area (Å²) in [6, 6.07) is 3.68. The predicted molar refractivity (Wildman–Crippen MR) is 72.9 cm³/mol. The topological polar surface area (TPSA) is 0 Å². The van der Waals surface area contributed by atoms with Gasteiger partial charge in [-0.15, -0.1) is 5.73 Å². The van der Waals surface area contributed by atoms with Crippen molar-refractivity contribution in [2.24, 2.45) is 0 Å². The Balaban J connectivity index is 2.45. The summed E-state index contributed by atoms with van der Waals surface area (Å²) in [4.78, 5) is 0. The van der Waals surface area contributed by atoms with Crippen LogP contribution in [0.2, 0.25) is 0 Å². The molecule has 1 aromatic carbocycles. The molecule has 94 valence electrons. The van der Waals surface area contributed by atoms with E-state index in [4.69, 9.17) is 6.58 Å². The van der Waals surface area contributed by atoms with E-state index in [1.54, 1.807) is 6.07 Å². The molecule has 0 aliphatic heterocycles. The van der Waals surface area contributed by atoms with Crippen molar-refractivity contribution in [1.82, 2.24) is 0 Å². The Morgan fingerprint density at radius 1 is 1.56 bits per heavy atom. The van der Waals surface area contributed by atoms with Crippen molar-refractivity contribution < 1.29 is 4.39 Å². The second kappa shape index (κ2) is 5.54. The maximum Gasteiger partial charge on any atom is 0.126 e. The van der Waals surface area contributed by atoms with E-state index in [0.29, 0.717) is 12.3 Å². The lowest BCUT2D eigenvalue weighted by Crippen LogP contribution is -2.02. The van der Waals surface area contributed by atoms with Crippen LogP contribution in [-0.4, -0.2) is 0 Å². The Kier molecular flexibility index (Phi) is 4.04. The van der Waals surface area contributed by atoms with Gasteiger partial charge in [-0.1, -0.05) is 13.0 Å². The van der Waals surface area contributed by atoms with Crippen LogP contribution in [0.25, 0.3) is 0 Å². The highest BCUT2D eigenvalue weighted by Gasteiger charge is 2.27. The van der Waals surface area contributed by atoms with Gasteiger partial charge in [0.25, 0.3) is 0 Å². The van der Waals surface area contributed by atoms with Crippen molar-refractivity contribution in [3.63, 3.8) is 0 Å². The molecular formula is C17H19F. The molecule has 0 heterocycles. The Hall–Kier alpha value is -1.33. The number of benzene rings is 1. The SMILES string of the molecule is [CH]=C=C[C@@H](CC)c1cc(F)c(C2CC2)cc1C[CH2]. The Morgan fingerprint density at radius 3 is 2.78 bits per heavy atom. The molecule has 1 fully saturated rings. The number of allylic oxidation sites excluding steroid dienone is 1. The van der Waals surface area contributed by atoms with Crippen LogP contribution in [0.3, 0.4) is 0 Å². The zero-order chi connectivity index (χ0) is 13.1. The summed E-state index contributed by atoms with van der Waals surface area (Å²) in [5.41, 5.74) is 5.58. The Morgan fingerprint density at radius 2 is 2.28 bits per heavy atom. The first-order valence-corrected chi connectivity index (χ1v) is 6.62. The smallest absolute Gasteiger partial charge is 0.126 e. The standard InChI is InChI=1S/C17H19F/c1-4-7-12(5-2)15-11-17(18)16(14-8-9-14)10-13(15)6-3/h1,7,10-12,14H,3,5-6,8-9H2,2H3/t4?,12-/m1/s1. The molecule has 1 aliphatic carbocycles. The van der Waals surface area contributed by atoms with Crippen molar-refractivity contribution in [2.75, 3.05) is 0 Å². The lowest BCUT2D eigenvalue weighted by molar-refractivity contribution is 0.604. The molecule has 0 saturated heterocycles. The minimum absolute atomic E-state index is 0.0754. The molecule has 0 spiro atoms. The molecule has 2 rings (SSSR count). The average Bonchev–Trinajstić information content (AvgIpc) is 3.20. The molecule has 18 heavy (non-hydrogen) atoms. The molecular weight excluding hydrogens is 223 g/mol. The molecule has 0 aromatic heterocycles. The van der Waals surface area contributed by atoms with Gasteiger partial charge in [0.05, 0.1) is 0 Å². The summed E-state index contributed by atoms with van der Waals surface area (Å²) >= 11 is 0. The third kappa shape index (κ3) is 2.57. The van der Waals surface area contributed by atoms with Crippen LogP contribution in [-0.2, 0) is 6.42 Å². The first-order chi connectivity index (χ1) is 8.71. The van der Waals surface area contributed by atoms with Gasteiger partial charge >= 0.3 is 0 Å². The molecule has 0 nitrogen and oxygen atoms in total. The van der Waals surface area contributed by atoms with Gasteiger partial charge in [0.15, 0.2) is 0 Å². The number of hydrogen-bond donors (Lipinski definition) is 0. The van der Waals surface area contributed by atoms with Gasteiger partial charge in [-0.3, -0.25) is 0 Å². The summed E-state index contributed by atoms with van der Waals surface area (Å²) in [6.45, 7) is 11.4. The van der Waals surface area contributed by atoms with E-state index < -0.39 is 0 Å². The molecule has 0 bridgehead atoms. The summed E-state index contributed by atoms with van der Waals surface area (Å²) in [7, 11) is 0. The zero-order valence-corrected chi connectivity index (χ0v) is 10.9. The predicted octanol–water partition coefficient (Wildman–Crippen LogP) is 4.72. The molecule has 0 unspecified atom stereocenters. The van der Waals surface area contributed by atoms with Crippen molar-refractivity contribution in [3.05, 3.63) is 60.0 Å².